The van der Waals surface area contributed by atoms with Crippen molar-refractivity contribution < 1.29 is 8.83 Å². The van der Waals surface area contributed by atoms with Crippen LogP contribution >= 0.6 is 0 Å². The van der Waals surface area contributed by atoms with E-state index in [1.54, 1.807) is 0 Å². The van der Waals surface area contributed by atoms with Gasteiger partial charge in [0.05, 0.1) is 0 Å². The summed E-state index contributed by atoms with van der Waals surface area (Å²) in [7, 11) is 0. The highest BCUT2D eigenvalue weighted by molar-refractivity contribution is 5.12. The van der Waals surface area contributed by atoms with Crippen molar-refractivity contribution in [2.75, 3.05) is 0 Å². The van der Waals surface area contributed by atoms with Crippen LogP contribution in [0.25, 0.3) is 0 Å². The van der Waals surface area contributed by atoms with E-state index in [0.717, 1.165) is 12.8 Å². The number of hydrogen-bond donors (Lipinski definition) is 0. The van der Waals surface area contributed by atoms with E-state index >= 15 is 0 Å². The maximum Gasteiger partial charge on any atom is 0.519 e. The summed E-state index contributed by atoms with van der Waals surface area (Å²) < 4.78 is 9.70. The van der Waals surface area contributed by atoms with Crippen LogP contribution in [0.3, 0.4) is 0 Å². The lowest BCUT2D eigenvalue weighted by Gasteiger charge is -2.18. The van der Waals surface area contributed by atoms with Gasteiger partial charge in [0.2, 0.25) is 0 Å². The lowest BCUT2D eigenvalue weighted by Crippen LogP contribution is -2.04. The molecule has 13 heavy (non-hydrogen) atoms. The van der Waals surface area contributed by atoms with Gasteiger partial charge in [-0.05, 0) is 12.8 Å². The molecule has 0 bridgehead atoms. The SMILES string of the molecule is [CH2]c1oc(=O)oc1C1CCCCC1. The summed E-state index contributed by atoms with van der Waals surface area (Å²) in [6.45, 7) is 3.66. The fraction of sp³-hybridized carbons (Fsp3) is 0.600. The van der Waals surface area contributed by atoms with Gasteiger partial charge in [-0.15, -0.1) is 0 Å². The van der Waals surface area contributed by atoms with Crippen molar-refractivity contribution in [3.05, 3.63) is 29.1 Å². The Bertz CT molecular complexity index is 328. The molecule has 0 aromatic carbocycles. The van der Waals surface area contributed by atoms with Gasteiger partial charge < -0.3 is 8.83 Å². The second-order valence-electron chi connectivity index (χ2n) is 3.58. The molecule has 3 heteroatoms. The summed E-state index contributed by atoms with van der Waals surface area (Å²) >= 11 is 0. The normalized spacial score (nSPS) is 19.2. The maximum absolute atomic E-state index is 10.8. The first-order valence-electron chi connectivity index (χ1n) is 4.73. The zero-order valence-corrected chi connectivity index (χ0v) is 7.54. The van der Waals surface area contributed by atoms with Gasteiger partial charge in [0, 0.05) is 12.8 Å². The Kier molecular flexibility index (Phi) is 2.25. The predicted molar refractivity (Wildman–Crippen MR) is 47.5 cm³/mol. The van der Waals surface area contributed by atoms with E-state index in [0.29, 0.717) is 17.4 Å². The van der Waals surface area contributed by atoms with Gasteiger partial charge in [0.1, 0.15) is 0 Å². The average molecular weight is 181 g/mol. The van der Waals surface area contributed by atoms with Gasteiger partial charge in [0.15, 0.2) is 11.5 Å². The molecule has 0 aliphatic heterocycles. The molecule has 1 fully saturated rings. The van der Waals surface area contributed by atoms with Crippen molar-refractivity contribution in [1.82, 2.24) is 0 Å². The Hall–Kier alpha value is -0.990. The fourth-order valence-corrected chi connectivity index (χ4v) is 1.99. The fourth-order valence-electron chi connectivity index (χ4n) is 1.99. The van der Waals surface area contributed by atoms with Crippen LogP contribution < -0.4 is 5.82 Å². The third-order valence-electron chi connectivity index (χ3n) is 2.65. The Morgan fingerprint density at radius 2 is 1.85 bits per heavy atom. The molecule has 1 heterocycles. The van der Waals surface area contributed by atoms with Crippen molar-refractivity contribution >= 4 is 0 Å². The predicted octanol–water partition coefficient (Wildman–Crippen LogP) is 2.46. The van der Waals surface area contributed by atoms with Gasteiger partial charge in [-0.2, -0.15) is 0 Å². The van der Waals surface area contributed by atoms with Gasteiger partial charge >= 0.3 is 5.82 Å². The van der Waals surface area contributed by atoms with Crippen LogP contribution in [0.2, 0.25) is 0 Å². The minimum absolute atomic E-state index is 0.354. The van der Waals surface area contributed by atoms with E-state index in [-0.39, 0.29) is 0 Å². The van der Waals surface area contributed by atoms with Crippen LogP contribution in [0, 0.1) is 6.92 Å². The molecule has 71 valence electrons. The highest BCUT2D eigenvalue weighted by Gasteiger charge is 2.22. The molecular formula is C10H13O3. The Labute approximate surface area is 76.7 Å². The van der Waals surface area contributed by atoms with Gasteiger partial charge in [-0.25, -0.2) is 4.79 Å². The van der Waals surface area contributed by atoms with Gasteiger partial charge in [-0.3, -0.25) is 0 Å². The first-order valence-corrected chi connectivity index (χ1v) is 4.73. The molecule has 1 aliphatic rings. The molecule has 0 saturated heterocycles. The summed E-state index contributed by atoms with van der Waals surface area (Å²) in [5, 5.41) is 0. The molecule has 3 nitrogen and oxygen atoms in total. The van der Waals surface area contributed by atoms with Crippen molar-refractivity contribution in [2.24, 2.45) is 0 Å². The molecule has 0 atom stereocenters. The van der Waals surface area contributed by atoms with Crippen LogP contribution in [-0.2, 0) is 0 Å². The zero-order valence-electron chi connectivity index (χ0n) is 7.54. The summed E-state index contributed by atoms with van der Waals surface area (Å²) in [6.07, 6.45) is 5.87. The molecule has 1 aromatic heterocycles. The van der Waals surface area contributed by atoms with Crippen molar-refractivity contribution in [3.63, 3.8) is 0 Å². The van der Waals surface area contributed by atoms with E-state index < -0.39 is 5.82 Å². The maximum atomic E-state index is 10.8. The van der Waals surface area contributed by atoms with Crippen LogP contribution in [0.5, 0.6) is 0 Å². The molecule has 0 N–H and O–H groups in total. The molecule has 2 rings (SSSR count). The second kappa shape index (κ2) is 3.40. The van der Waals surface area contributed by atoms with Crippen molar-refractivity contribution in [3.8, 4) is 0 Å². The van der Waals surface area contributed by atoms with Crippen LogP contribution in [0.4, 0.5) is 0 Å². The minimum atomic E-state index is -0.620. The highest BCUT2D eigenvalue weighted by atomic mass is 16.6. The highest BCUT2D eigenvalue weighted by Crippen LogP contribution is 2.33. The Morgan fingerprint density at radius 1 is 1.15 bits per heavy atom. The monoisotopic (exact) mass is 181 g/mol. The number of rotatable bonds is 1. The van der Waals surface area contributed by atoms with Crippen molar-refractivity contribution in [1.29, 1.82) is 0 Å². The Balaban J connectivity index is 2.23. The van der Waals surface area contributed by atoms with Crippen molar-refractivity contribution in [2.45, 2.75) is 38.0 Å². The zero-order chi connectivity index (χ0) is 9.26. The summed E-state index contributed by atoms with van der Waals surface area (Å²) in [6, 6.07) is 0. The third kappa shape index (κ3) is 1.69. The lowest BCUT2D eigenvalue weighted by atomic mass is 9.87. The van der Waals surface area contributed by atoms with E-state index in [9.17, 15) is 4.79 Å². The van der Waals surface area contributed by atoms with Crippen LogP contribution in [-0.4, -0.2) is 0 Å². The summed E-state index contributed by atoms with van der Waals surface area (Å²) in [5.41, 5.74) is 0. The van der Waals surface area contributed by atoms with Crippen LogP contribution in [0.1, 0.15) is 49.5 Å². The third-order valence-corrected chi connectivity index (χ3v) is 2.65. The molecule has 0 amide bonds. The van der Waals surface area contributed by atoms with Crippen LogP contribution in [0.15, 0.2) is 13.6 Å². The first kappa shape index (κ1) is 8.60. The molecule has 1 aliphatic carbocycles. The van der Waals surface area contributed by atoms with E-state index in [1.165, 1.54) is 19.3 Å². The molecule has 0 spiro atoms. The minimum Gasteiger partial charge on any atom is -0.396 e. The van der Waals surface area contributed by atoms with E-state index in [2.05, 4.69) is 6.92 Å². The quantitative estimate of drug-likeness (QED) is 0.668. The van der Waals surface area contributed by atoms with E-state index in [4.69, 9.17) is 8.83 Å². The summed E-state index contributed by atoms with van der Waals surface area (Å²) in [5.74, 6) is 0.819. The molecular weight excluding hydrogens is 168 g/mol. The van der Waals surface area contributed by atoms with E-state index in [1.807, 2.05) is 0 Å². The number of hydrogen-bond acceptors (Lipinski definition) is 3. The Morgan fingerprint density at radius 3 is 2.38 bits per heavy atom. The standard InChI is InChI=1S/C10H13O3/c1-7-9(13-10(11)12-7)8-5-3-2-4-6-8/h8H,1-6H2. The lowest BCUT2D eigenvalue weighted by molar-refractivity contribution is 0.337. The molecule has 0 unspecified atom stereocenters. The molecule has 1 aromatic rings. The van der Waals surface area contributed by atoms with Gasteiger partial charge in [0.25, 0.3) is 0 Å². The summed E-state index contributed by atoms with van der Waals surface area (Å²) in [4.78, 5) is 10.8. The van der Waals surface area contributed by atoms with Gasteiger partial charge in [-0.1, -0.05) is 19.3 Å². The second-order valence-corrected chi connectivity index (χ2v) is 3.58. The topological polar surface area (TPSA) is 43.4 Å². The smallest absolute Gasteiger partial charge is 0.396 e. The molecule has 1 radical (unpaired) electrons. The average Bonchev–Trinajstić information content (AvgIpc) is 2.47. The molecule has 1 saturated carbocycles. The largest absolute Gasteiger partial charge is 0.519 e. The first-order chi connectivity index (χ1) is 6.27.